The van der Waals surface area contributed by atoms with E-state index in [4.69, 9.17) is 4.74 Å². The molecule has 1 aromatic carbocycles. The van der Waals surface area contributed by atoms with Crippen molar-refractivity contribution < 1.29 is 9.84 Å². The minimum Gasteiger partial charge on any atom is -0.507 e. The fourth-order valence-electron chi connectivity index (χ4n) is 5.46. The minimum atomic E-state index is -0.164. The van der Waals surface area contributed by atoms with Crippen molar-refractivity contribution in [2.45, 2.75) is 132 Å². The molecule has 31 heavy (non-hydrogen) atoms. The number of ether oxygens (including phenoxy) is 1. The summed E-state index contributed by atoms with van der Waals surface area (Å²) < 4.78 is 6.59. The molecule has 0 aliphatic carbocycles. The Morgan fingerprint density at radius 3 is 1.87 bits per heavy atom. The molecule has 1 aliphatic rings. The number of aromatic hydroxyl groups is 1. The second-order valence-corrected chi connectivity index (χ2v) is 11.5. The van der Waals surface area contributed by atoms with Crippen molar-refractivity contribution in [1.82, 2.24) is 0 Å². The van der Waals surface area contributed by atoms with Crippen LogP contribution in [0.2, 0.25) is 0 Å². The molecule has 4 atom stereocenters. The summed E-state index contributed by atoms with van der Waals surface area (Å²) in [6.45, 7) is 20.2. The minimum absolute atomic E-state index is 0.164. The summed E-state index contributed by atoms with van der Waals surface area (Å²) in [6.07, 6.45) is 11.9. The van der Waals surface area contributed by atoms with Gasteiger partial charge in [0.25, 0.3) is 0 Å². The molecule has 2 rings (SSSR count). The van der Waals surface area contributed by atoms with E-state index in [0.717, 1.165) is 46.6 Å². The summed E-state index contributed by atoms with van der Waals surface area (Å²) in [5, 5.41) is 10.5. The lowest BCUT2D eigenvalue weighted by Gasteiger charge is -2.29. The van der Waals surface area contributed by atoms with E-state index in [1.54, 1.807) is 0 Å². The first-order valence-corrected chi connectivity index (χ1v) is 13.0. The van der Waals surface area contributed by atoms with Crippen molar-refractivity contribution in [3.8, 4) is 11.5 Å². The molecule has 2 nitrogen and oxygen atoms in total. The molecule has 0 bridgehead atoms. The standard InChI is InChI=1S/C29H50O2/c1-19(2)13-10-14-20(3)15-11-16-21(4)17-12-18-29(9)25(8)26-24(7)27(30)22(5)23(6)28(26)31-29/h19-21,25,30H,10-18H2,1-9H3/t20?,21?,25-,29-/m1/s1. The van der Waals surface area contributed by atoms with Crippen molar-refractivity contribution in [3.05, 3.63) is 22.3 Å². The van der Waals surface area contributed by atoms with E-state index in [1.165, 1.54) is 56.9 Å². The monoisotopic (exact) mass is 430 g/mol. The fourth-order valence-corrected chi connectivity index (χ4v) is 5.46. The zero-order valence-electron chi connectivity index (χ0n) is 22.0. The first-order chi connectivity index (χ1) is 14.5. The maximum absolute atomic E-state index is 10.5. The lowest BCUT2D eigenvalue weighted by molar-refractivity contribution is 0.0786. The van der Waals surface area contributed by atoms with Crippen molar-refractivity contribution in [2.24, 2.45) is 17.8 Å². The van der Waals surface area contributed by atoms with Crippen molar-refractivity contribution >= 4 is 0 Å². The molecule has 0 spiro atoms. The number of fused-ring (bicyclic) bond motifs is 1. The molecule has 178 valence electrons. The average Bonchev–Trinajstić information content (AvgIpc) is 2.96. The van der Waals surface area contributed by atoms with Crippen LogP contribution in [0.3, 0.4) is 0 Å². The van der Waals surface area contributed by atoms with Crippen LogP contribution in [0.1, 0.15) is 128 Å². The number of benzene rings is 1. The molecule has 2 unspecified atom stereocenters. The van der Waals surface area contributed by atoms with Crippen molar-refractivity contribution in [1.29, 1.82) is 0 Å². The molecule has 1 aliphatic heterocycles. The van der Waals surface area contributed by atoms with Gasteiger partial charge >= 0.3 is 0 Å². The Morgan fingerprint density at radius 1 is 0.806 bits per heavy atom. The Balaban J connectivity index is 1.78. The first kappa shape index (κ1) is 26.1. The summed E-state index contributed by atoms with van der Waals surface area (Å²) >= 11 is 0. The highest BCUT2D eigenvalue weighted by Crippen LogP contribution is 2.52. The van der Waals surface area contributed by atoms with Crippen LogP contribution in [0.5, 0.6) is 11.5 Å². The molecule has 0 aromatic heterocycles. The Hall–Kier alpha value is -1.18. The van der Waals surface area contributed by atoms with E-state index in [2.05, 4.69) is 48.5 Å². The van der Waals surface area contributed by atoms with Gasteiger partial charge in [-0.15, -0.1) is 0 Å². The summed E-state index contributed by atoms with van der Waals surface area (Å²) in [5.41, 5.74) is 4.13. The topological polar surface area (TPSA) is 29.5 Å². The molecular formula is C29H50O2. The van der Waals surface area contributed by atoms with Crippen LogP contribution >= 0.6 is 0 Å². The third-order valence-corrected chi connectivity index (χ3v) is 8.19. The van der Waals surface area contributed by atoms with Crippen molar-refractivity contribution in [3.63, 3.8) is 0 Å². The number of hydrogen-bond donors (Lipinski definition) is 1. The van der Waals surface area contributed by atoms with Gasteiger partial charge in [-0.1, -0.05) is 79.6 Å². The van der Waals surface area contributed by atoms with E-state index in [1.807, 2.05) is 13.8 Å². The molecule has 0 fully saturated rings. The third-order valence-electron chi connectivity index (χ3n) is 8.19. The first-order valence-electron chi connectivity index (χ1n) is 13.0. The molecular weight excluding hydrogens is 380 g/mol. The van der Waals surface area contributed by atoms with Crippen LogP contribution < -0.4 is 4.74 Å². The molecule has 2 heteroatoms. The average molecular weight is 431 g/mol. The van der Waals surface area contributed by atoms with Crippen LogP contribution in [0.15, 0.2) is 0 Å². The van der Waals surface area contributed by atoms with E-state index in [0.29, 0.717) is 11.7 Å². The molecule has 1 N–H and O–H groups in total. The van der Waals surface area contributed by atoms with Gasteiger partial charge in [-0.3, -0.25) is 0 Å². The quantitative estimate of drug-likeness (QED) is 0.358. The Labute approximate surface area is 193 Å². The van der Waals surface area contributed by atoms with Gasteiger partial charge in [-0.2, -0.15) is 0 Å². The third kappa shape index (κ3) is 6.42. The van der Waals surface area contributed by atoms with Crippen LogP contribution in [0, 0.1) is 38.5 Å². The van der Waals surface area contributed by atoms with Gasteiger partial charge in [0, 0.05) is 11.5 Å². The van der Waals surface area contributed by atoms with Gasteiger partial charge < -0.3 is 9.84 Å². The van der Waals surface area contributed by atoms with E-state index in [9.17, 15) is 5.11 Å². The molecule has 0 saturated heterocycles. The molecule has 0 radical (unpaired) electrons. The van der Waals surface area contributed by atoms with Crippen LogP contribution in [-0.4, -0.2) is 10.7 Å². The van der Waals surface area contributed by atoms with Gasteiger partial charge in [0.15, 0.2) is 0 Å². The number of rotatable bonds is 12. The second kappa shape index (κ2) is 11.1. The smallest absolute Gasteiger partial charge is 0.127 e. The Kier molecular flexibility index (Phi) is 9.34. The fraction of sp³-hybridized carbons (Fsp3) is 0.793. The van der Waals surface area contributed by atoms with Crippen LogP contribution in [0.4, 0.5) is 0 Å². The predicted molar refractivity (Wildman–Crippen MR) is 134 cm³/mol. The summed E-state index contributed by atoms with van der Waals surface area (Å²) in [4.78, 5) is 0. The highest BCUT2D eigenvalue weighted by molar-refractivity contribution is 5.61. The van der Waals surface area contributed by atoms with Crippen LogP contribution in [-0.2, 0) is 0 Å². The van der Waals surface area contributed by atoms with E-state index in [-0.39, 0.29) is 5.60 Å². The molecule has 0 amide bonds. The lowest BCUT2D eigenvalue weighted by atomic mass is 9.80. The molecule has 1 aromatic rings. The second-order valence-electron chi connectivity index (χ2n) is 11.5. The highest BCUT2D eigenvalue weighted by atomic mass is 16.5. The van der Waals surface area contributed by atoms with Crippen molar-refractivity contribution in [2.75, 3.05) is 0 Å². The number of phenolic OH excluding ortho intramolecular Hbond substituents is 1. The largest absolute Gasteiger partial charge is 0.507 e. The molecule has 0 saturated carbocycles. The predicted octanol–water partition coefficient (Wildman–Crippen LogP) is 9.01. The van der Waals surface area contributed by atoms with Gasteiger partial charge in [-0.05, 0) is 75.0 Å². The summed E-state index contributed by atoms with van der Waals surface area (Å²) in [7, 11) is 0. The van der Waals surface area contributed by atoms with Gasteiger partial charge in [0.2, 0.25) is 0 Å². The summed E-state index contributed by atoms with van der Waals surface area (Å²) in [5.74, 6) is 4.30. The van der Waals surface area contributed by atoms with Gasteiger partial charge in [0.1, 0.15) is 17.1 Å². The van der Waals surface area contributed by atoms with E-state index < -0.39 is 0 Å². The Bertz CT molecular complexity index is 720. The van der Waals surface area contributed by atoms with E-state index >= 15 is 0 Å². The number of phenols is 1. The van der Waals surface area contributed by atoms with Gasteiger partial charge in [-0.25, -0.2) is 0 Å². The highest BCUT2D eigenvalue weighted by Gasteiger charge is 2.44. The number of hydrogen-bond acceptors (Lipinski definition) is 2. The molecule has 1 heterocycles. The normalized spacial score (nSPS) is 22.5. The maximum Gasteiger partial charge on any atom is 0.127 e. The lowest BCUT2D eigenvalue weighted by Crippen LogP contribution is -2.33. The van der Waals surface area contributed by atoms with Gasteiger partial charge in [0.05, 0.1) is 0 Å². The summed E-state index contributed by atoms with van der Waals surface area (Å²) in [6, 6.07) is 0. The maximum atomic E-state index is 10.5. The van der Waals surface area contributed by atoms with Crippen LogP contribution in [0.25, 0.3) is 0 Å². The Morgan fingerprint density at radius 2 is 1.32 bits per heavy atom. The SMILES string of the molecule is Cc1c(C)c2c(c(C)c1O)[C@@H](C)[C@@](C)(CCCC(C)CCCC(C)CCCC(C)C)O2. The zero-order valence-corrected chi connectivity index (χ0v) is 22.0. The zero-order chi connectivity index (χ0) is 23.3.